The maximum atomic E-state index is 10.8. The number of nitrogens with two attached hydrogens (primary N) is 1. The van der Waals surface area contributed by atoms with Crippen LogP contribution in [0.25, 0.3) is 0 Å². The zero-order valence-electron chi connectivity index (χ0n) is 9.46. The van der Waals surface area contributed by atoms with E-state index in [-0.39, 0.29) is 30.0 Å². The molecule has 1 aromatic rings. The fraction of sp³-hybridized carbons (Fsp3) is 0.556. The van der Waals surface area contributed by atoms with Gasteiger partial charge in [-0.05, 0) is 19.8 Å². The van der Waals surface area contributed by atoms with Gasteiger partial charge in [-0.25, -0.2) is 9.97 Å². The Kier molecular flexibility index (Phi) is 4.58. The Morgan fingerprint density at radius 3 is 2.94 bits per heavy atom. The van der Waals surface area contributed by atoms with Crippen molar-refractivity contribution >= 4 is 17.3 Å². The number of aliphatic hydroxyl groups is 1. The number of hydrogen-bond acceptors (Lipinski definition) is 7. The van der Waals surface area contributed by atoms with E-state index in [2.05, 4.69) is 15.3 Å². The summed E-state index contributed by atoms with van der Waals surface area (Å²) in [6.07, 6.45) is 2.46. The Morgan fingerprint density at radius 1 is 1.65 bits per heavy atom. The summed E-state index contributed by atoms with van der Waals surface area (Å²) in [5.74, 6) is -0.0604. The first kappa shape index (κ1) is 13.1. The van der Waals surface area contributed by atoms with Gasteiger partial charge in [0.2, 0.25) is 11.6 Å². The van der Waals surface area contributed by atoms with Crippen LogP contribution in [0.2, 0.25) is 0 Å². The standard InChI is InChI=1S/C9H15N5O3/c1-6(3-2-4-15)13-9-7(14(16)17)8(10)11-5-12-9/h5-6,15H,2-4H2,1H3,(H3,10,11,12,13). The molecule has 0 aliphatic heterocycles. The first-order valence-corrected chi connectivity index (χ1v) is 5.18. The van der Waals surface area contributed by atoms with Crippen LogP contribution in [0.15, 0.2) is 6.33 Å². The van der Waals surface area contributed by atoms with Gasteiger partial charge in [-0.1, -0.05) is 0 Å². The van der Waals surface area contributed by atoms with E-state index < -0.39 is 4.92 Å². The van der Waals surface area contributed by atoms with E-state index in [1.807, 2.05) is 6.92 Å². The van der Waals surface area contributed by atoms with Crippen molar-refractivity contribution in [2.24, 2.45) is 0 Å². The van der Waals surface area contributed by atoms with E-state index in [0.29, 0.717) is 12.8 Å². The summed E-state index contributed by atoms with van der Waals surface area (Å²) < 4.78 is 0. The first-order chi connectivity index (χ1) is 8.06. The first-order valence-electron chi connectivity index (χ1n) is 5.18. The lowest BCUT2D eigenvalue weighted by Crippen LogP contribution is -2.18. The molecule has 0 aliphatic carbocycles. The maximum absolute atomic E-state index is 10.8. The molecule has 0 radical (unpaired) electrons. The van der Waals surface area contributed by atoms with Gasteiger partial charge in [0, 0.05) is 12.6 Å². The van der Waals surface area contributed by atoms with Crippen LogP contribution < -0.4 is 11.1 Å². The monoisotopic (exact) mass is 241 g/mol. The number of nitro groups is 1. The van der Waals surface area contributed by atoms with Crippen molar-refractivity contribution in [1.82, 2.24) is 9.97 Å². The molecule has 8 nitrogen and oxygen atoms in total. The predicted octanol–water partition coefficient (Wildman–Crippen LogP) is 0.540. The minimum absolute atomic E-state index is 0.0462. The SMILES string of the molecule is CC(CCCO)Nc1ncnc(N)c1[N+](=O)[O-]. The van der Waals surface area contributed by atoms with Crippen molar-refractivity contribution in [2.75, 3.05) is 17.7 Å². The average molecular weight is 241 g/mol. The molecule has 1 heterocycles. The molecule has 1 aromatic heterocycles. The molecule has 1 rings (SSSR count). The Bertz CT molecular complexity index is 398. The molecule has 1 atom stereocenters. The van der Waals surface area contributed by atoms with Crippen molar-refractivity contribution in [2.45, 2.75) is 25.8 Å². The maximum Gasteiger partial charge on any atom is 0.352 e. The number of anilines is 2. The lowest BCUT2D eigenvalue weighted by atomic mass is 10.2. The second kappa shape index (κ2) is 5.94. The van der Waals surface area contributed by atoms with Crippen LogP contribution in [-0.4, -0.2) is 32.6 Å². The summed E-state index contributed by atoms with van der Waals surface area (Å²) in [6.45, 7) is 1.93. The highest BCUT2D eigenvalue weighted by Gasteiger charge is 2.21. The second-order valence-electron chi connectivity index (χ2n) is 3.62. The Morgan fingerprint density at radius 2 is 2.35 bits per heavy atom. The number of nitrogen functional groups attached to an aromatic ring is 1. The second-order valence-corrected chi connectivity index (χ2v) is 3.62. The molecule has 0 amide bonds. The van der Waals surface area contributed by atoms with E-state index in [4.69, 9.17) is 10.8 Å². The number of rotatable bonds is 6. The van der Waals surface area contributed by atoms with E-state index in [1.165, 1.54) is 6.33 Å². The third-order valence-corrected chi connectivity index (χ3v) is 2.21. The van der Waals surface area contributed by atoms with Crippen LogP contribution in [0, 0.1) is 10.1 Å². The number of aliphatic hydroxyl groups excluding tert-OH is 1. The number of hydrogen-bond donors (Lipinski definition) is 3. The molecule has 17 heavy (non-hydrogen) atoms. The highest BCUT2D eigenvalue weighted by atomic mass is 16.6. The molecule has 0 aliphatic rings. The lowest BCUT2D eigenvalue weighted by Gasteiger charge is -2.13. The molecule has 4 N–H and O–H groups in total. The zero-order chi connectivity index (χ0) is 12.8. The van der Waals surface area contributed by atoms with E-state index in [9.17, 15) is 10.1 Å². The van der Waals surface area contributed by atoms with Gasteiger partial charge in [0.15, 0.2) is 0 Å². The summed E-state index contributed by atoms with van der Waals surface area (Å²) >= 11 is 0. The summed E-state index contributed by atoms with van der Waals surface area (Å²) in [7, 11) is 0. The quantitative estimate of drug-likeness (QED) is 0.489. The highest BCUT2D eigenvalue weighted by Crippen LogP contribution is 2.27. The fourth-order valence-corrected chi connectivity index (χ4v) is 1.38. The number of nitrogens with one attached hydrogen (secondary N) is 1. The van der Waals surface area contributed by atoms with Gasteiger partial charge in [-0.3, -0.25) is 10.1 Å². The molecular formula is C9H15N5O3. The largest absolute Gasteiger partial charge is 0.396 e. The third-order valence-electron chi connectivity index (χ3n) is 2.21. The third kappa shape index (κ3) is 3.52. The molecular weight excluding hydrogens is 226 g/mol. The molecule has 0 bridgehead atoms. The number of aromatic nitrogens is 2. The predicted molar refractivity (Wildman–Crippen MR) is 62.5 cm³/mol. The van der Waals surface area contributed by atoms with Crippen molar-refractivity contribution in [3.63, 3.8) is 0 Å². The van der Waals surface area contributed by atoms with Crippen LogP contribution in [0.3, 0.4) is 0 Å². The Labute approximate surface area is 98.0 Å². The van der Waals surface area contributed by atoms with E-state index >= 15 is 0 Å². The van der Waals surface area contributed by atoms with Crippen LogP contribution >= 0.6 is 0 Å². The Balaban J connectivity index is 2.83. The molecule has 0 aromatic carbocycles. The van der Waals surface area contributed by atoms with Crippen LogP contribution in [0.5, 0.6) is 0 Å². The molecule has 0 saturated heterocycles. The van der Waals surface area contributed by atoms with Crippen molar-refractivity contribution < 1.29 is 10.0 Å². The topological polar surface area (TPSA) is 127 Å². The van der Waals surface area contributed by atoms with Crippen molar-refractivity contribution in [3.8, 4) is 0 Å². The average Bonchev–Trinajstić information content (AvgIpc) is 2.25. The van der Waals surface area contributed by atoms with Crippen LogP contribution in [0.4, 0.5) is 17.3 Å². The lowest BCUT2D eigenvalue weighted by molar-refractivity contribution is -0.383. The highest BCUT2D eigenvalue weighted by molar-refractivity contribution is 5.67. The summed E-state index contributed by atoms with van der Waals surface area (Å²) in [5, 5.41) is 22.4. The molecule has 94 valence electrons. The van der Waals surface area contributed by atoms with Crippen molar-refractivity contribution in [3.05, 3.63) is 16.4 Å². The Hall–Kier alpha value is -1.96. The van der Waals surface area contributed by atoms with Gasteiger partial charge in [-0.2, -0.15) is 0 Å². The normalized spacial score (nSPS) is 12.1. The van der Waals surface area contributed by atoms with E-state index in [0.717, 1.165) is 0 Å². The molecule has 0 spiro atoms. The van der Waals surface area contributed by atoms with Crippen LogP contribution in [0.1, 0.15) is 19.8 Å². The van der Waals surface area contributed by atoms with Gasteiger partial charge in [-0.15, -0.1) is 0 Å². The smallest absolute Gasteiger partial charge is 0.352 e. The van der Waals surface area contributed by atoms with E-state index in [1.54, 1.807) is 0 Å². The molecule has 8 heteroatoms. The van der Waals surface area contributed by atoms with Crippen molar-refractivity contribution in [1.29, 1.82) is 0 Å². The molecule has 0 saturated carbocycles. The minimum atomic E-state index is -0.615. The van der Waals surface area contributed by atoms with Gasteiger partial charge >= 0.3 is 5.69 Å². The van der Waals surface area contributed by atoms with Crippen LogP contribution in [-0.2, 0) is 0 Å². The fourth-order valence-electron chi connectivity index (χ4n) is 1.38. The molecule has 0 fully saturated rings. The van der Waals surface area contributed by atoms with Gasteiger partial charge in [0.05, 0.1) is 4.92 Å². The summed E-state index contributed by atoms with van der Waals surface area (Å²) in [6, 6.07) is -0.0462. The molecule has 1 unspecified atom stereocenters. The van der Waals surface area contributed by atoms with Gasteiger partial charge in [0.25, 0.3) is 0 Å². The van der Waals surface area contributed by atoms with Gasteiger partial charge < -0.3 is 16.2 Å². The number of nitrogens with zero attached hydrogens (tertiary/aromatic N) is 3. The zero-order valence-corrected chi connectivity index (χ0v) is 9.46. The minimum Gasteiger partial charge on any atom is -0.396 e. The summed E-state index contributed by atoms with van der Waals surface area (Å²) in [4.78, 5) is 17.6. The summed E-state index contributed by atoms with van der Waals surface area (Å²) in [5.41, 5.74) is 5.11. The van der Waals surface area contributed by atoms with Gasteiger partial charge in [0.1, 0.15) is 6.33 Å².